The number of pyridine rings is 1. The molecular formula is C27H29F4N5O5. The van der Waals surface area contributed by atoms with Crippen LogP contribution in [0.4, 0.5) is 28.0 Å². The number of likely N-dealkylation sites (tertiary alicyclic amines) is 1. The molecule has 4 heterocycles. The number of aromatic nitrogens is 1. The van der Waals surface area contributed by atoms with Gasteiger partial charge in [0.2, 0.25) is 11.5 Å². The number of ether oxygens (including phenoxy) is 1. The van der Waals surface area contributed by atoms with Gasteiger partial charge in [-0.3, -0.25) is 24.2 Å². The van der Waals surface area contributed by atoms with E-state index in [-0.39, 0.29) is 30.8 Å². The van der Waals surface area contributed by atoms with Gasteiger partial charge in [0.1, 0.15) is 18.0 Å². The Labute approximate surface area is 232 Å². The highest BCUT2D eigenvalue weighted by Gasteiger charge is 2.66. The molecule has 0 bridgehead atoms. The molecule has 0 saturated carbocycles. The second-order valence-electron chi connectivity index (χ2n) is 10.9. The molecule has 10 nitrogen and oxygen atoms in total. The first-order valence-corrected chi connectivity index (χ1v) is 13.1. The molecule has 1 aromatic heterocycles. The summed E-state index contributed by atoms with van der Waals surface area (Å²) < 4.78 is 59.6. The number of carbonyl (C=O) groups excluding carboxylic acids is 3. The van der Waals surface area contributed by atoms with Gasteiger partial charge in [0.25, 0.3) is 5.91 Å². The van der Waals surface area contributed by atoms with Crippen molar-refractivity contribution in [1.82, 2.24) is 20.1 Å². The minimum atomic E-state index is -4.78. The van der Waals surface area contributed by atoms with Gasteiger partial charge < -0.3 is 19.9 Å². The predicted molar refractivity (Wildman–Crippen MR) is 137 cm³/mol. The molecular weight excluding hydrogens is 550 g/mol. The van der Waals surface area contributed by atoms with Crippen LogP contribution in [0.3, 0.4) is 0 Å². The first-order valence-electron chi connectivity index (χ1n) is 13.1. The van der Waals surface area contributed by atoms with Crippen LogP contribution in [0, 0.1) is 11.7 Å². The first-order chi connectivity index (χ1) is 19.2. The zero-order valence-corrected chi connectivity index (χ0v) is 22.5. The Morgan fingerprint density at radius 2 is 1.80 bits per heavy atom. The summed E-state index contributed by atoms with van der Waals surface area (Å²) in [6.07, 6.45) is -3.39. The number of nitrogens with zero attached hydrogens (tertiary/aromatic N) is 3. The van der Waals surface area contributed by atoms with Gasteiger partial charge in [-0.25, -0.2) is 9.18 Å². The Balaban J connectivity index is 1.34. The molecule has 3 aliphatic rings. The van der Waals surface area contributed by atoms with Crippen LogP contribution in [-0.2, 0) is 15.7 Å². The minimum Gasteiger partial charge on any atom is -0.345 e. The molecule has 1 aromatic carbocycles. The lowest BCUT2D eigenvalue weighted by Gasteiger charge is -2.51. The average Bonchev–Trinajstić information content (AvgIpc) is 3.73. The zero-order chi connectivity index (χ0) is 29.9. The van der Waals surface area contributed by atoms with Gasteiger partial charge in [0.15, 0.2) is 6.23 Å². The van der Waals surface area contributed by atoms with Crippen LogP contribution in [0.1, 0.15) is 42.6 Å². The number of likely N-dealkylation sites (N-methyl/N-ethyl adjacent to an activating group) is 1. The van der Waals surface area contributed by atoms with Crippen LogP contribution >= 0.6 is 0 Å². The number of epoxide rings is 1. The smallest absolute Gasteiger partial charge is 0.345 e. The molecule has 3 fully saturated rings. The van der Waals surface area contributed by atoms with Crippen molar-refractivity contribution < 1.29 is 36.7 Å². The Morgan fingerprint density at radius 1 is 1.12 bits per heavy atom. The summed E-state index contributed by atoms with van der Waals surface area (Å²) in [5.74, 6) is -3.21. The number of anilines is 1. The van der Waals surface area contributed by atoms with Crippen LogP contribution in [0.25, 0.3) is 0 Å². The molecule has 0 radical (unpaired) electrons. The number of fused-ring (bicyclic) bond motifs is 2. The normalized spacial score (nSPS) is 22.5. The molecule has 3 atom stereocenters. The van der Waals surface area contributed by atoms with E-state index >= 15 is 0 Å². The molecule has 14 heteroatoms. The topological polar surface area (TPSA) is 118 Å². The van der Waals surface area contributed by atoms with E-state index < -0.39 is 58.7 Å². The maximum Gasteiger partial charge on any atom is 0.416 e. The molecule has 4 amide bonds. The van der Waals surface area contributed by atoms with Crippen LogP contribution in [0.5, 0.6) is 0 Å². The van der Waals surface area contributed by atoms with Gasteiger partial charge in [-0.2, -0.15) is 13.2 Å². The largest absolute Gasteiger partial charge is 0.416 e. The predicted octanol–water partition coefficient (Wildman–Crippen LogP) is 2.95. The van der Waals surface area contributed by atoms with Gasteiger partial charge in [-0.05, 0) is 43.0 Å². The van der Waals surface area contributed by atoms with Crippen molar-refractivity contribution in [3.05, 3.63) is 63.8 Å². The van der Waals surface area contributed by atoms with Gasteiger partial charge in [-0.1, -0.05) is 13.8 Å². The fraction of sp³-hybridized carbons (Fsp3) is 0.481. The Bertz CT molecular complexity index is 1420. The number of H-pyrrole nitrogens is 1. The summed E-state index contributed by atoms with van der Waals surface area (Å²) in [7, 11) is 1.63. The van der Waals surface area contributed by atoms with Crippen molar-refractivity contribution in [3.63, 3.8) is 0 Å². The molecule has 2 unspecified atom stereocenters. The number of piperidine rings is 1. The number of benzene rings is 1. The second kappa shape index (κ2) is 10.2. The monoisotopic (exact) mass is 579 g/mol. The van der Waals surface area contributed by atoms with E-state index in [1.54, 1.807) is 31.9 Å². The van der Waals surface area contributed by atoms with Crippen molar-refractivity contribution in [1.29, 1.82) is 0 Å². The number of hydrogen-bond donors (Lipinski definition) is 2. The van der Waals surface area contributed by atoms with E-state index in [4.69, 9.17) is 4.74 Å². The van der Waals surface area contributed by atoms with Gasteiger partial charge in [-0.15, -0.1) is 0 Å². The molecule has 3 aliphatic heterocycles. The van der Waals surface area contributed by atoms with E-state index in [9.17, 15) is 36.7 Å². The van der Waals surface area contributed by atoms with Crippen LogP contribution in [0.15, 0.2) is 41.3 Å². The van der Waals surface area contributed by atoms with Gasteiger partial charge in [0.05, 0.1) is 22.4 Å². The molecule has 3 saturated heterocycles. The molecule has 220 valence electrons. The number of carbonyl (C=O) groups is 3. The Kier molecular flexibility index (Phi) is 7.08. The molecule has 2 N–H and O–H groups in total. The van der Waals surface area contributed by atoms with Crippen LogP contribution in [0.2, 0.25) is 0 Å². The summed E-state index contributed by atoms with van der Waals surface area (Å²) in [6, 6.07) is 2.95. The van der Waals surface area contributed by atoms with Crippen molar-refractivity contribution >= 4 is 23.5 Å². The van der Waals surface area contributed by atoms with Crippen molar-refractivity contribution in [2.75, 3.05) is 25.0 Å². The van der Waals surface area contributed by atoms with E-state index in [1.165, 1.54) is 22.1 Å². The molecule has 0 aliphatic carbocycles. The second-order valence-corrected chi connectivity index (χ2v) is 10.9. The fourth-order valence-corrected chi connectivity index (χ4v) is 5.71. The third kappa shape index (κ3) is 5.04. The van der Waals surface area contributed by atoms with Gasteiger partial charge in [0, 0.05) is 32.4 Å². The Hall–Kier alpha value is -3.94. The number of hydrogen-bond acceptors (Lipinski definition) is 5. The van der Waals surface area contributed by atoms with Crippen molar-refractivity contribution in [2.24, 2.45) is 5.92 Å². The molecule has 5 rings (SSSR count). The van der Waals surface area contributed by atoms with E-state index in [2.05, 4.69) is 10.3 Å². The number of aromatic amines is 1. The number of urea groups is 1. The van der Waals surface area contributed by atoms with Crippen molar-refractivity contribution in [3.8, 4) is 0 Å². The lowest BCUT2D eigenvalue weighted by atomic mass is 9.80. The number of amides is 4. The number of halogens is 4. The third-order valence-electron chi connectivity index (χ3n) is 8.04. The standard InChI is InChI=1S/C27H29F4N5O5/c1-14(2)20(33-22(38)17-12-15(27(29,30)31)4-6-18(17)28)23(39)35-10-8-26(9-11-35)21-24(41-21)34(3)25(40)36(26)16-5-7-19(37)32-13-16/h4-7,12-14,20-21,24H,8-11H2,1-3H3,(H,32,37)(H,33,38)/t20-,21?,24?/m1/s1. The summed E-state index contributed by atoms with van der Waals surface area (Å²) in [6.45, 7) is 3.71. The highest BCUT2D eigenvalue weighted by molar-refractivity contribution is 5.98. The number of alkyl halides is 3. The Morgan fingerprint density at radius 3 is 2.39 bits per heavy atom. The number of rotatable bonds is 5. The number of nitrogens with one attached hydrogen (secondary N) is 2. The van der Waals surface area contributed by atoms with Crippen molar-refractivity contribution in [2.45, 2.75) is 56.8 Å². The third-order valence-corrected chi connectivity index (χ3v) is 8.04. The fourth-order valence-electron chi connectivity index (χ4n) is 5.71. The first kappa shape index (κ1) is 28.6. The molecule has 1 spiro atoms. The lowest BCUT2D eigenvalue weighted by Crippen LogP contribution is -2.68. The van der Waals surface area contributed by atoms with Gasteiger partial charge >= 0.3 is 12.2 Å². The summed E-state index contributed by atoms with van der Waals surface area (Å²) in [4.78, 5) is 58.6. The van der Waals surface area contributed by atoms with Crippen LogP contribution in [-0.4, -0.2) is 76.7 Å². The zero-order valence-electron chi connectivity index (χ0n) is 22.5. The quantitative estimate of drug-likeness (QED) is 0.417. The molecule has 2 aromatic rings. The minimum absolute atomic E-state index is 0.194. The highest BCUT2D eigenvalue weighted by Crippen LogP contribution is 2.50. The van der Waals surface area contributed by atoms with Crippen LogP contribution < -0.4 is 15.8 Å². The average molecular weight is 580 g/mol. The summed E-state index contributed by atoms with van der Waals surface area (Å²) in [5.41, 5.74) is -2.63. The lowest BCUT2D eigenvalue weighted by molar-refractivity contribution is -0.138. The summed E-state index contributed by atoms with van der Waals surface area (Å²) >= 11 is 0. The SMILES string of the molecule is CC(C)[C@@H](NC(=O)c1cc(C(F)(F)F)ccc1F)C(=O)N1CCC2(CC1)C1OC1N(C)C(=O)N2c1ccc(=O)[nH]c1. The summed E-state index contributed by atoms with van der Waals surface area (Å²) in [5, 5.41) is 2.42. The highest BCUT2D eigenvalue weighted by atomic mass is 19.4. The molecule has 41 heavy (non-hydrogen) atoms. The van der Waals surface area contributed by atoms with E-state index in [1.807, 2.05) is 0 Å². The maximum absolute atomic E-state index is 14.3. The van der Waals surface area contributed by atoms with E-state index in [0.717, 1.165) is 0 Å². The van der Waals surface area contributed by atoms with E-state index in [0.29, 0.717) is 36.7 Å². The maximum atomic E-state index is 14.3.